The summed E-state index contributed by atoms with van der Waals surface area (Å²) in [5.41, 5.74) is -1.59. The van der Waals surface area contributed by atoms with Gasteiger partial charge in [0.25, 0.3) is 0 Å². The molecule has 2 fully saturated rings. The Balaban J connectivity index is 2.07. The number of carbonyl (C=O) groups excluding carboxylic acids is 2. The topological polar surface area (TPSA) is 92.8 Å². The van der Waals surface area contributed by atoms with Gasteiger partial charge in [0.2, 0.25) is 5.91 Å². The first-order chi connectivity index (χ1) is 11.0. The average molecular weight is 360 g/mol. The van der Waals surface area contributed by atoms with Crippen LogP contribution in [0.2, 0.25) is 0 Å². The van der Waals surface area contributed by atoms with Crippen LogP contribution in [0.15, 0.2) is 0 Å². The van der Waals surface area contributed by atoms with Crippen molar-refractivity contribution in [1.82, 2.24) is 9.03 Å². The van der Waals surface area contributed by atoms with Crippen LogP contribution in [0.1, 0.15) is 59.8 Å². The molecule has 1 saturated heterocycles. The van der Waals surface area contributed by atoms with Gasteiger partial charge in [-0.2, -0.15) is 12.7 Å². The molecule has 24 heavy (non-hydrogen) atoms. The monoisotopic (exact) mass is 360 g/mol. The molecular weight excluding hydrogens is 332 g/mol. The van der Waals surface area contributed by atoms with E-state index >= 15 is 0 Å². The van der Waals surface area contributed by atoms with Crippen LogP contribution in [0, 0.1) is 11.3 Å². The summed E-state index contributed by atoms with van der Waals surface area (Å²) in [4.78, 5) is 24.8. The van der Waals surface area contributed by atoms with Crippen molar-refractivity contribution >= 4 is 22.1 Å². The van der Waals surface area contributed by atoms with E-state index in [-0.39, 0.29) is 12.3 Å². The van der Waals surface area contributed by atoms with Gasteiger partial charge in [-0.15, -0.1) is 0 Å². The third kappa shape index (κ3) is 4.27. The smallest absolute Gasteiger partial charge is 0.307 e. The predicted octanol–water partition coefficient (Wildman–Crippen LogP) is 1.59. The average Bonchev–Trinajstić information content (AvgIpc) is 2.87. The van der Waals surface area contributed by atoms with E-state index in [9.17, 15) is 18.0 Å². The Bertz CT molecular complexity index is 604. The van der Waals surface area contributed by atoms with Gasteiger partial charge in [0.05, 0.1) is 11.8 Å². The van der Waals surface area contributed by atoms with Gasteiger partial charge in [0.15, 0.2) is 0 Å². The first-order valence-corrected chi connectivity index (χ1v) is 9.98. The van der Waals surface area contributed by atoms with E-state index in [0.29, 0.717) is 19.5 Å². The lowest BCUT2D eigenvalue weighted by molar-refractivity contribution is -0.158. The number of nitrogens with one attached hydrogen (secondary N) is 1. The molecule has 0 bridgehead atoms. The number of amides is 1. The van der Waals surface area contributed by atoms with E-state index in [1.807, 2.05) is 6.92 Å². The Morgan fingerprint density at radius 2 is 1.83 bits per heavy atom. The molecule has 1 aliphatic carbocycles. The minimum atomic E-state index is -3.82. The Morgan fingerprint density at radius 3 is 2.29 bits per heavy atom. The zero-order chi connectivity index (χ0) is 18.2. The van der Waals surface area contributed by atoms with E-state index in [1.54, 1.807) is 20.8 Å². The molecule has 2 atom stereocenters. The second-order valence-electron chi connectivity index (χ2n) is 7.77. The molecule has 1 saturated carbocycles. The molecule has 0 aromatic rings. The van der Waals surface area contributed by atoms with Crippen LogP contribution in [0.5, 0.6) is 0 Å². The van der Waals surface area contributed by atoms with Crippen molar-refractivity contribution in [3.63, 3.8) is 0 Å². The molecule has 2 aliphatic rings. The van der Waals surface area contributed by atoms with Gasteiger partial charge in [0.1, 0.15) is 5.60 Å². The minimum Gasteiger partial charge on any atom is -0.460 e. The first kappa shape index (κ1) is 19.2. The Morgan fingerprint density at radius 1 is 1.25 bits per heavy atom. The Labute approximate surface area is 144 Å². The highest BCUT2D eigenvalue weighted by atomic mass is 32.2. The second kappa shape index (κ2) is 6.63. The molecule has 138 valence electrons. The number of ether oxygens (including phenoxy) is 1. The van der Waals surface area contributed by atoms with Crippen LogP contribution in [0.25, 0.3) is 0 Å². The van der Waals surface area contributed by atoms with Crippen LogP contribution >= 0.6 is 0 Å². The van der Waals surface area contributed by atoms with Crippen molar-refractivity contribution in [1.29, 1.82) is 0 Å². The lowest BCUT2D eigenvalue weighted by atomic mass is 9.97. The third-order valence-electron chi connectivity index (χ3n) is 4.68. The molecule has 1 aliphatic heterocycles. The van der Waals surface area contributed by atoms with Crippen molar-refractivity contribution in [3.8, 4) is 0 Å². The van der Waals surface area contributed by atoms with E-state index in [0.717, 1.165) is 19.3 Å². The number of hydrogen-bond acceptors (Lipinski definition) is 5. The van der Waals surface area contributed by atoms with Crippen LogP contribution in [0.4, 0.5) is 0 Å². The van der Waals surface area contributed by atoms with E-state index in [4.69, 9.17) is 4.74 Å². The third-order valence-corrected chi connectivity index (χ3v) is 6.17. The maximum absolute atomic E-state index is 12.6. The molecule has 2 rings (SSSR count). The van der Waals surface area contributed by atoms with Gasteiger partial charge in [-0.05, 0) is 46.0 Å². The van der Waals surface area contributed by atoms with Crippen LogP contribution in [0.3, 0.4) is 0 Å². The Kier molecular flexibility index (Phi) is 5.30. The summed E-state index contributed by atoms with van der Waals surface area (Å²) in [5, 5.41) is 0. The van der Waals surface area contributed by atoms with E-state index < -0.39 is 33.1 Å². The van der Waals surface area contributed by atoms with E-state index in [2.05, 4.69) is 4.72 Å². The molecule has 1 heterocycles. The molecular formula is C16H28N2O5S. The summed E-state index contributed by atoms with van der Waals surface area (Å²) >= 11 is 0. The number of nitrogens with zero attached hydrogens (tertiary/aromatic N) is 1. The van der Waals surface area contributed by atoms with Crippen molar-refractivity contribution in [2.45, 2.75) is 65.4 Å². The molecule has 0 aromatic carbocycles. The second-order valence-corrected chi connectivity index (χ2v) is 9.44. The maximum atomic E-state index is 12.6. The van der Waals surface area contributed by atoms with Gasteiger partial charge in [-0.1, -0.05) is 13.3 Å². The molecule has 8 heteroatoms. The van der Waals surface area contributed by atoms with Gasteiger partial charge in [-0.25, -0.2) is 4.72 Å². The van der Waals surface area contributed by atoms with Gasteiger partial charge in [0, 0.05) is 13.1 Å². The molecule has 1 amide bonds. The van der Waals surface area contributed by atoms with Crippen LogP contribution < -0.4 is 4.72 Å². The summed E-state index contributed by atoms with van der Waals surface area (Å²) in [6.45, 7) is 8.08. The molecule has 1 N–H and O–H groups in total. The van der Waals surface area contributed by atoms with Crippen molar-refractivity contribution in [3.05, 3.63) is 0 Å². The van der Waals surface area contributed by atoms with Gasteiger partial charge in [-0.3, -0.25) is 9.59 Å². The summed E-state index contributed by atoms with van der Waals surface area (Å²) in [6.07, 6.45) is 2.76. The summed E-state index contributed by atoms with van der Waals surface area (Å²) in [6, 6.07) is 0. The largest absolute Gasteiger partial charge is 0.460 e. The molecule has 0 aromatic heterocycles. The number of rotatable bonds is 6. The van der Waals surface area contributed by atoms with Crippen LogP contribution in [-0.4, -0.2) is 43.3 Å². The molecule has 0 unspecified atom stereocenters. The van der Waals surface area contributed by atoms with Crippen molar-refractivity contribution in [2.75, 3.05) is 13.1 Å². The fraction of sp³-hybridized carbons (Fsp3) is 0.875. The number of hydrogen-bond donors (Lipinski definition) is 1. The fourth-order valence-electron chi connectivity index (χ4n) is 3.34. The quantitative estimate of drug-likeness (QED) is 0.726. The molecule has 0 radical (unpaired) electrons. The zero-order valence-electron chi connectivity index (χ0n) is 14.9. The normalized spacial score (nSPS) is 27.8. The maximum Gasteiger partial charge on any atom is 0.307 e. The lowest BCUT2D eigenvalue weighted by Gasteiger charge is -2.23. The minimum absolute atomic E-state index is 0.0128. The lowest BCUT2D eigenvalue weighted by Crippen LogP contribution is -2.46. The number of carbonyl (C=O) groups is 2. The summed E-state index contributed by atoms with van der Waals surface area (Å²) < 4.78 is 33.4. The SMILES string of the molecule is CC[C@@H]1C[C@]1(CC(=O)OC(C)(C)C)C(=O)NS(=O)(=O)N1CCCC1. The predicted molar refractivity (Wildman–Crippen MR) is 89.2 cm³/mol. The summed E-state index contributed by atoms with van der Waals surface area (Å²) in [5.74, 6) is -1.03. The molecule has 7 nitrogen and oxygen atoms in total. The van der Waals surface area contributed by atoms with E-state index in [1.165, 1.54) is 4.31 Å². The highest BCUT2D eigenvalue weighted by Crippen LogP contribution is 2.57. The highest BCUT2D eigenvalue weighted by Gasteiger charge is 2.61. The van der Waals surface area contributed by atoms with Crippen molar-refractivity contribution in [2.24, 2.45) is 11.3 Å². The van der Waals surface area contributed by atoms with Crippen molar-refractivity contribution < 1.29 is 22.7 Å². The standard InChI is InChI=1S/C16H28N2O5S/c1-5-12-10-16(12,11-13(19)23-15(2,3)4)14(20)17-24(21,22)18-8-6-7-9-18/h12H,5-11H2,1-4H3,(H,17,20)/t12-,16-/m1/s1. The van der Waals surface area contributed by atoms with Gasteiger partial charge < -0.3 is 4.74 Å². The molecule has 0 spiro atoms. The van der Waals surface area contributed by atoms with Gasteiger partial charge >= 0.3 is 16.2 Å². The summed E-state index contributed by atoms with van der Waals surface area (Å²) in [7, 11) is -3.82. The van der Waals surface area contributed by atoms with Crippen LogP contribution in [-0.2, 0) is 24.5 Å². The first-order valence-electron chi connectivity index (χ1n) is 8.54. The highest BCUT2D eigenvalue weighted by molar-refractivity contribution is 7.87. The number of esters is 1. The fourth-order valence-corrected chi connectivity index (χ4v) is 4.64. The zero-order valence-corrected chi connectivity index (χ0v) is 15.7. The Hall–Kier alpha value is -1.15.